The predicted octanol–water partition coefficient (Wildman–Crippen LogP) is 5.70. The Morgan fingerprint density at radius 2 is 1.92 bits per heavy atom. The topological polar surface area (TPSA) is 30.0 Å². The van der Waals surface area contributed by atoms with Gasteiger partial charge >= 0.3 is 0 Å². The van der Waals surface area contributed by atoms with E-state index < -0.39 is 0 Å². The fraction of sp³-hybridized carbons (Fsp3) is 0.667. The third kappa shape index (κ3) is 2.23. The summed E-state index contributed by atoms with van der Waals surface area (Å²) in [5.41, 5.74) is 3.68. The Morgan fingerprint density at radius 3 is 2.73 bits per heavy atom. The van der Waals surface area contributed by atoms with Crippen molar-refractivity contribution in [3.63, 3.8) is 0 Å². The molecule has 5 rings (SSSR count). The summed E-state index contributed by atoms with van der Waals surface area (Å²) < 4.78 is 0. The zero-order valence-corrected chi connectivity index (χ0v) is 16.2. The number of carbonyl (C=O) groups excluding carboxylic acids is 1. The molecule has 2 nitrogen and oxygen atoms in total. The largest absolute Gasteiger partial charge is 0.295 e. The van der Waals surface area contributed by atoms with Crippen molar-refractivity contribution in [1.82, 2.24) is 4.98 Å². The first-order valence-corrected chi connectivity index (χ1v) is 10.7. The zero-order chi connectivity index (χ0) is 17.9. The van der Waals surface area contributed by atoms with Crippen LogP contribution < -0.4 is 0 Å². The molecule has 138 valence electrons. The first-order valence-electron chi connectivity index (χ1n) is 10.7. The van der Waals surface area contributed by atoms with Crippen molar-refractivity contribution >= 4 is 5.78 Å². The second kappa shape index (κ2) is 5.78. The first kappa shape index (κ1) is 16.7. The van der Waals surface area contributed by atoms with Gasteiger partial charge in [0.1, 0.15) is 0 Å². The Bertz CT molecular complexity index is 753. The van der Waals surface area contributed by atoms with E-state index in [1.165, 1.54) is 43.2 Å². The highest BCUT2D eigenvalue weighted by Gasteiger charge is 2.59. The van der Waals surface area contributed by atoms with E-state index in [9.17, 15) is 4.79 Å². The summed E-state index contributed by atoms with van der Waals surface area (Å²) in [6.45, 7) is 5.06. The molecular formula is C24H31NO. The summed E-state index contributed by atoms with van der Waals surface area (Å²) in [5, 5.41) is 0. The molecule has 6 atom stereocenters. The van der Waals surface area contributed by atoms with Gasteiger partial charge in [0.25, 0.3) is 0 Å². The van der Waals surface area contributed by atoms with E-state index >= 15 is 0 Å². The summed E-state index contributed by atoms with van der Waals surface area (Å²) in [7, 11) is 0. The molecule has 0 radical (unpaired) electrons. The standard InChI is InChI=1S/C24H31NO/c1-23-11-9-18(26)14-17(23)5-6-19-21-8-7-20(16-4-3-13-25-15-16)24(21,2)12-10-22(19)23/h3-4,13-15,19-22H,5-12H2,1-2H3. The fourth-order valence-corrected chi connectivity index (χ4v) is 7.69. The number of fused-ring (bicyclic) bond motifs is 5. The van der Waals surface area contributed by atoms with Crippen molar-refractivity contribution in [2.45, 2.75) is 71.1 Å². The lowest BCUT2D eigenvalue weighted by molar-refractivity contribution is -0.117. The number of aromatic nitrogens is 1. The maximum Gasteiger partial charge on any atom is 0.155 e. The summed E-state index contributed by atoms with van der Waals surface area (Å²) >= 11 is 0. The SMILES string of the molecule is CC12CCC(=O)C=C1CCC1C2CCC2(C)C(c3cccnc3)CCC12. The van der Waals surface area contributed by atoms with Gasteiger partial charge in [-0.25, -0.2) is 0 Å². The van der Waals surface area contributed by atoms with E-state index in [1.807, 2.05) is 12.3 Å². The molecule has 1 heterocycles. The van der Waals surface area contributed by atoms with Gasteiger partial charge < -0.3 is 0 Å². The van der Waals surface area contributed by atoms with Gasteiger partial charge in [-0.3, -0.25) is 9.78 Å². The van der Waals surface area contributed by atoms with Crippen LogP contribution in [0.15, 0.2) is 36.2 Å². The van der Waals surface area contributed by atoms with E-state index in [2.05, 4.69) is 37.2 Å². The number of nitrogens with zero attached hydrogens (tertiary/aromatic N) is 1. The van der Waals surface area contributed by atoms with Gasteiger partial charge in [-0.1, -0.05) is 25.5 Å². The molecule has 26 heavy (non-hydrogen) atoms. The number of ketones is 1. The maximum absolute atomic E-state index is 12.0. The molecule has 0 spiro atoms. The number of hydrogen-bond donors (Lipinski definition) is 0. The molecule has 0 aromatic carbocycles. The average molecular weight is 350 g/mol. The minimum absolute atomic E-state index is 0.296. The van der Waals surface area contributed by atoms with Crippen LogP contribution in [0.2, 0.25) is 0 Å². The van der Waals surface area contributed by atoms with Gasteiger partial charge in [0.2, 0.25) is 0 Å². The molecule has 1 aromatic rings. The van der Waals surface area contributed by atoms with Crippen molar-refractivity contribution in [3.8, 4) is 0 Å². The van der Waals surface area contributed by atoms with Gasteiger partial charge in [-0.15, -0.1) is 0 Å². The normalized spacial score (nSPS) is 44.7. The van der Waals surface area contributed by atoms with Crippen LogP contribution in [0.3, 0.4) is 0 Å². The van der Waals surface area contributed by atoms with Crippen LogP contribution >= 0.6 is 0 Å². The predicted molar refractivity (Wildman–Crippen MR) is 104 cm³/mol. The third-order valence-electron chi connectivity index (χ3n) is 9.05. The van der Waals surface area contributed by atoms with Crippen molar-refractivity contribution in [2.75, 3.05) is 0 Å². The number of pyridine rings is 1. The summed E-state index contributed by atoms with van der Waals surface area (Å²) in [5.74, 6) is 3.54. The molecule has 2 heteroatoms. The monoisotopic (exact) mass is 349 g/mol. The molecule has 0 amide bonds. The highest BCUT2D eigenvalue weighted by atomic mass is 16.1. The second-order valence-corrected chi connectivity index (χ2v) is 9.93. The van der Waals surface area contributed by atoms with Crippen LogP contribution in [-0.4, -0.2) is 10.8 Å². The summed E-state index contributed by atoms with van der Waals surface area (Å²) in [6.07, 6.45) is 15.8. The Hall–Kier alpha value is -1.44. The van der Waals surface area contributed by atoms with Crippen LogP contribution in [0.4, 0.5) is 0 Å². The number of hydrogen-bond acceptors (Lipinski definition) is 2. The molecule has 0 N–H and O–H groups in total. The van der Waals surface area contributed by atoms with Gasteiger partial charge in [-0.2, -0.15) is 0 Å². The molecule has 6 unspecified atom stereocenters. The summed E-state index contributed by atoms with van der Waals surface area (Å²) in [4.78, 5) is 16.4. The van der Waals surface area contributed by atoms with E-state index in [0.717, 1.165) is 37.0 Å². The quantitative estimate of drug-likeness (QED) is 0.651. The van der Waals surface area contributed by atoms with Crippen LogP contribution in [-0.2, 0) is 4.79 Å². The van der Waals surface area contributed by atoms with Crippen LogP contribution in [0.5, 0.6) is 0 Å². The molecule has 4 aliphatic carbocycles. The molecule has 3 saturated carbocycles. The number of carbonyl (C=O) groups is 1. The Kier molecular flexibility index (Phi) is 3.71. The maximum atomic E-state index is 12.0. The lowest BCUT2D eigenvalue weighted by Crippen LogP contribution is -2.50. The van der Waals surface area contributed by atoms with Gasteiger partial charge in [-0.05, 0) is 97.2 Å². The van der Waals surface area contributed by atoms with Gasteiger partial charge in [0.05, 0.1) is 0 Å². The van der Waals surface area contributed by atoms with E-state index in [-0.39, 0.29) is 0 Å². The van der Waals surface area contributed by atoms with Crippen molar-refractivity contribution in [2.24, 2.45) is 28.6 Å². The van der Waals surface area contributed by atoms with E-state index in [0.29, 0.717) is 22.5 Å². The van der Waals surface area contributed by atoms with Crippen molar-refractivity contribution < 1.29 is 4.79 Å². The molecule has 0 aliphatic heterocycles. The molecule has 3 fully saturated rings. The lowest BCUT2D eigenvalue weighted by atomic mass is 9.46. The zero-order valence-electron chi connectivity index (χ0n) is 16.2. The Balaban J connectivity index is 1.47. The van der Waals surface area contributed by atoms with Crippen molar-refractivity contribution in [3.05, 3.63) is 41.7 Å². The second-order valence-electron chi connectivity index (χ2n) is 9.93. The highest BCUT2D eigenvalue weighted by Crippen LogP contribution is 2.68. The molecule has 4 aliphatic rings. The van der Waals surface area contributed by atoms with Crippen molar-refractivity contribution in [1.29, 1.82) is 0 Å². The van der Waals surface area contributed by atoms with Crippen LogP contribution in [0.25, 0.3) is 0 Å². The Labute approximate surface area is 157 Å². The smallest absolute Gasteiger partial charge is 0.155 e. The fourth-order valence-electron chi connectivity index (χ4n) is 7.69. The summed E-state index contributed by atoms with van der Waals surface area (Å²) in [6, 6.07) is 4.41. The Morgan fingerprint density at radius 1 is 1.04 bits per heavy atom. The van der Waals surface area contributed by atoms with E-state index in [1.54, 1.807) is 0 Å². The van der Waals surface area contributed by atoms with Crippen LogP contribution in [0.1, 0.15) is 76.7 Å². The number of rotatable bonds is 1. The van der Waals surface area contributed by atoms with Crippen LogP contribution in [0, 0.1) is 28.6 Å². The van der Waals surface area contributed by atoms with Gasteiger partial charge in [0.15, 0.2) is 5.78 Å². The average Bonchev–Trinajstić information content (AvgIpc) is 3.00. The third-order valence-corrected chi connectivity index (χ3v) is 9.05. The molecular weight excluding hydrogens is 318 g/mol. The number of allylic oxidation sites excluding steroid dienone is 1. The highest BCUT2D eigenvalue weighted by molar-refractivity contribution is 5.91. The first-order chi connectivity index (χ1) is 12.5. The molecule has 0 bridgehead atoms. The van der Waals surface area contributed by atoms with E-state index in [4.69, 9.17) is 0 Å². The minimum atomic E-state index is 0.296. The molecule has 0 saturated heterocycles. The minimum Gasteiger partial charge on any atom is -0.295 e. The van der Waals surface area contributed by atoms with Gasteiger partial charge in [0, 0.05) is 18.8 Å². The molecule has 1 aromatic heterocycles. The lowest BCUT2D eigenvalue weighted by Gasteiger charge is -2.58.